The number of unbranched alkanes of at least 4 members (excludes halogenated alkanes) is 2. The van der Waals surface area contributed by atoms with Gasteiger partial charge in [0, 0.05) is 0 Å². The smallest absolute Gasteiger partial charge is 0.161 e. The van der Waals surface area contributed by atoms with E-state index in [-0.39, 0.29) is 12.2 Å². The molecular weight excluding hydrogens is 268 g/mol. The molecular formula is C17H24O4. The first-order chi connectivity index (χ1) is 10.3. The third-order valence-electron chi connectivity index (χ3n) is 3.73. The molecule has 0 N–H and O–H groups in total. The minimum atomic E-state index is 0.258. The van der Waals surface area contributed by atoms with Crippen molar-refractivity contribution in [1.82, 2.24) is 0 Å². The van der Waals surface area contributed by atoms with Gasteiger partial charge < -0.3 is 18.9 Å². The Balaban J connectivity index is 1.60. The van der Waals surface area contributed by atoms with Crippen molar-refractivity contribution in [2.24, 2.45) is 0 Å². The first-order valence-electron chi connectivity index (χ1n) is 7.97. The Morgan fingerprint density at radius 3 is 2.29 bits per heavy atom. The molecule has 0 bridgehead atoms. The molecule has 2 heterocycles. The number of hydrogen-bond donors (Lipinski definition) is 0. The zero-order valence-electron chi connectivity index (χ0n) is 12.7. The van der Waals surface area contributed by atoms with E-state index >= 15 is 0 Å². The van der Waals surface area contributed by atoms with Crippen LogP contribution in [0.2, 0.25) is 0 Å². The second kappa shape index (κ2) is 7.14. The van der Waals surface area contributed by atoms with Crippen molar-refractivity contribution in [3.05, 3.63) is 23.8 Å². The Hall–Kier alpha value is -1.26. The summed E-state index contributed by atoms with van der Waals surface area (Å²) in [6.07, 6.45) is 5.34. The van der Waals surface area contributed by atoms with Crippen molar-refractivity contribution in [3.63, 3.8) is 0 Å². The van der Waals surface area contributed by atoms with E-state index in [2.05, 4.69) is 19.1 Å². The average molecular weight is 292 g/mol. The topological polar surface area (TPSA) is 43.5 Å². The van der Waals surface area contributed by atoms with E-state index in [1.165, 1.54) is 24.8 Å². The summed E-state index contributed by atoms with van der Waals surface area (Å²) in [5, 5.41) is 0. The normalized spacial score (nSPS) is 22.9. The van der Waals surface area contributed by atoms with Crippen LogP contribution in [0.4, 0.5) is 0 Å². The van der Waals surface area contributed by atoms with Gasteiger partial charge in [0.2, 0.25) is 0 Å². The van der Waals surface area contributed by atoms with Crippen LogP contribution in [0.3, 0.4) is 0 Å². The van der Waals surface area contributed by atoms with Gasteiger partial charge in [0.1, 0.15) is 25.4 Å². The van der Waals surface area contributed by atoms with Crippen LogP contribution in [0.1, 0.15) is 31.7 Å². The molecule has 2 aliphatic rings. The van der Waals surface area contributed by atoms with Crippen molar-refractivity contribution in [3.8, 4) is 11.5 Å². The predicted octanol–water partition coefficient (Wildman–Crippen LogP) is 2.97. The predicted molar refractivity (Wildman–Crippen MR) is 80.1 cm³/mol. The summed E-state index contributed by atoms with van der Waals surface area (Å²) in [5.41, 5.74) is 1.31. The van der Waals surface area contributed by atoms with E-state index in [1.807, 2.05) is 6.07 Å². The largest absolute Gasteiger partial charge is 0.487 e. The van der Waals surface area contributed by atoms with Crippen LogP contribution in [0.5, 0.6) is 11.5 Å². The number of hydrogen-bond acceptors (Lipinski definition) is 4. The van der Waals surface area contributed by atoms with Crippen LogP contribution < -0.4 is 9.47 Å². The lowest BCUT2D eigenvalue weighted by atomic mass is 10.1. The molecule has 0 saturated carbocycles. The Morgan fingerprint density at radius 1 is 1.00 bits per heavy atom. The third kappa shape index (κ3) is 4.90. The van der Waals surface area contributed by atoms with Gasteiger partial charge in [-0.15, -0.1) is 0 Å². The second-order valence-electron chi connectivity index (χ2n) is 5.77. The molecule has 2 fully saturated rings. The fraction of sp³-hybridized carbons (Fsp3) is 0.647. The average Bonchev–Trinajstić information content (AvgIpc) is 3.38. The number of benzene rings is 1. The molecule has 0 spiro atoms. The van der Waals surface area contributed by atoms with Gasteiger partial charge in [0.25, 0.3) is 0 Å². The number of rotatable bonds is 10. The summed E-state index contributed by atoms with van der Waals surface area (Å²) in [4.78, 5) is 0. The minimum Gasteiger partial charge on any atom is -0.487 e. The molecule has 2 unspecified atom stereocenters. The lowest BCUT2D eigenvalue weighted by molar-refractivity contribution is 0.228. The third-order valence-corrected chi connectivity index (χ3v) is 3.73. The maximum atomic E-state index is 5.87. The molecule has 4 nitrogen and oxygen atoms in total. The SMILES string of the molecule is CCCCCc1ccc(OCC2CO2)c(OCC2CO2)c1. The fourth-order valence-corrected chi connectivity index (χ4v) is 2.21. The van der Waals surface area contributed by atoms with Crippen LogP contribution in [0.25, 0.3) is 0 Å². The number of aryl methyl sites for hydroxylation is 1. The van der Waals surface area contributed by atoms with Gasteiger partial charge in [-0.1, -0.05) is 25.8 Å². The van der Waals surface area contributed by atoms with Crippen LogP contribution >= 0.6 is 0 Å². The van der Waals surface area contributed by atoms with Crippen LogP contribution in [0, 0.1) is 0 Å². The number of epoxide rings is 2. The highest BCUT2D eigenvalue weighted by Crippen LogP contribution is 2.31. The molecule has 1 aromatic carbocycles. The summed E-state index contributed by atoms with van der Waals surface area (Å²) >= 11 is 0. The summed E-state index contributed by atoms with van der Waals surface area (Å²) in [6, 6.07) is 6.27. The maximum absolute atomic E-state index is 5.87. The zero-order valence-corrected chi connectivity index (χ0v) is 12.7. The van der Waals surface area contributed by atoms with E-state index in [4.69, 9.17) is 18.9 Å². The van der Waals surface area contributed by atoms with Crippen LogP contribution in [-0.4, -0.2) is 38.6 Å². The molecule has 0 aliphatic carbocycles. The molecule has 0 radical (unpaired) electrons. The summed E-state index contributed by atoms with van der Waals surface area (Å²) in [6.45, 7) is 5.05. The lowest BCUT2D eigenvalue weighted by Gasteiger charge is -2.13. The molecule has 3 rings (SSSR count). The lowest BCUT2D eigenvalue weighted by Crippen LogP contribution is -2.09. The Bertz CT molecular complexity index is 452. The monoisotopic (exact) mass is 292 g/mol. The van der Waals surface area contributed by atoms with Gasteiger partial charge >= 0.3 is 0 Å². The molecule has 1 aromatic rings. The second-order valence-corrected chi connectivity index (χ2v) is 5.77. The van der Waals surface area contributed by atoms with Crippen LogP contribution in [-0.2, 0) is 15.9 Å². The van der Waals surface area contributed by atoms with Gasteiger partial charge in [0.05, 0.1) is 13.2 Å². The molecule has 116 valence electrons. The van der Waals surface area contributed by atoms with Crippen molar-refractivity contribution >= 4 is 0 Å². The van der Waals surface area contributed by atoms with E-state index in [0.717, 1.165) is 31.1 Å². The van der Waals surface area contributed by atoms with Gasteiger partial charge in [0.15, 0.2) is 11.5 Å². The van der Waals surface area contributed by atoms with Crippen molar-refractivity contribution in [2.75, 3.05) is 26.4 Å². The van der Waals surface area contributed by atoms with E-state index in [9.17, 15) is 0 Å². The van der Waals surface area contributed by atoms with E-state index in [1.54, 1.807) is 0 Å². The minimum absolute atomic E-state index is 0.258. The highest BCUT2D eigenvalue weighted by atomic mass is 16.6. The van der Waals surface area contributed by atoms with Crippen molar-refractivity contribution < 1.29 is 18.9 Å². The summed E-state index contributed by atoms with van der Waals surface area (Å²) in [7, 11) is 0. The van der Waals surface area contributed by atoms with Gasteiger partial charge in [-0.25, -0.2) is 0 Å². The summed E-state index contributed by atoms with van der Waals surface area (Å²) < 4.78 is 22.1. The Morgan fingerprint density at radius 2 is 1.67 bits per heavy atom. The van der Waals surface area contributed by atoms with Crippen molar-refractivity contribution in [1.29, 1.82) is 0 Å². The van der Waals surface area contributed by atoms with Gasteiger partial charge in [-0.3, -0.25) is 0 Å². The standard InChI is InChI=1S/C17H24O4/c1-2-3-4-5-13-6-7-16(20-11-14-9-18-14)17(8-13)21-12-15-10-19-15/h6-8,14-15H,2-5,9-12H2,1H3. The van der Waals surface area contributed by atoms with Gasteiger partial charge in [-0.05, 0) is 30.5 Å². The van der Waals surface area contributed by atoms with E-state index < -0.39 is 0 Å². The Labute approximate surface area is 126 Å². The molecule has 21 heavy (non-hydrogen) atoms. The summed E-state index contributed by atoms with van der Waals surface area (Å²) in [5.74, 6) is 1.64. The molecule has 2 aliphatic heterocycles. The van der Waals surface area contributed by atoms with E-state index in [0.29, 0.717) is 13.2 Å². The number of ether oxygens (including phenoxy) is 4. The maximum Gasteiger partial charge on any atom is 0.161 e. The fourth-order valence-electron chi connectivity index (χ4n) is 2.21. The molecule has 4 heteroatoms. The molecule has 0 amide bonds. The molecule has 2 atom stereocenters. The van der Waals surface area contributed by atoms with Gasteiger partial charge in [-0.2, -0.15) is 0 Å². The van der Waals surface area contributed by atoms with Crippen LogP contribution in [0.15, 0.2) is 18.2 Å². The highest BCUT2D eigenvalue weighted by molar-refractivity contribution is 5.43. The molecule has 2 saturated heterocycles. The van der Waals surface area contributed by atoms with Crippen molar-refractivity contribution in [2.45, 2.75) is 44.8 Å². The quantitative estimate of drug-likeness (QED) is 0.491. The Kier molecular flexibility index (Phi) is 4.99. The first-order valence-corrected chi connectivity index (χ1v) is 7.97. The highest BCUT2D eigenvalue weighted by Gasteiger charge is 2.25. The first kappa shape index (κ1) is 14.7. The molecule has 0 aromatic heterocycles. The zero-order chi connectivity index (χ0) is 14.5.